The summed E-state index contributed by atoms with van der Waals surface area (Å²) in [5, 5.41) is 39.5. The quantitative estimate of drug-likeness (QED) is 0.326. The topological polar surface area (TPSA) is 80.9 Å². The minimum atomic E-state index is -0.916. The van der Waals surface area contributed by atoms with E-state index in [1.165, 1.54) is 0 Å². The Kier molecular flexibility index (Phi) is 4.26. The van der Waals surface area contributed by atoms with Gasteiger partial charge >= 0.3 is 0 Å². The van der Waals surface area contributed by atoms with Gasteiger partial charge in [0, 0.05) is 15.6 Å². The molecule has 0 heterocycles. The molecule has 0 saturated carbocycles. The Morgan fingerprint density at radius 2 is 0.955 bits per heavy atom. The number of halogens is 1. The summed E-state index contributed by atoms with van der Waals surface area (Å²) < 4.78 is 0.167. The maximum Gasteiger partial charge on any atom is 0.200 e. The molecule has 2 aromatic rings. The van der Waals surface area contributed by atoms with Crippen LogP contribution in [0, 0.1) is 0 Å². The largest absolute Gasteiger partial charge is 0.508 e. The minimum Gasteiger partial charge on any atom is -0.508 e. The highest BCUT2D eigenvalue weighted by Crippen LogP contribution is 2.41. The molecule has 0 amide bonds. The van der Waals surface area contributed by atoms with E-state index < -0.39 is 28.5 Å². The standard InChI is InChI=1S/C12H4B5BrO4/c13-3-1(9(19)7(17)8(18)5(3)15)2-4(14)6(16)11(21)12(22)10(2)20/h19-22H. The number of hydrogen-bond acceptors (Lipinski definition) is 4. The highest BCUT2D eigenvalue weighted by atomic mass is 79.9. The van der Waals surface area contributed by atoms with Gasteiger partial charge in [0.2, 0.25) is 0 Å². The normalized spacial score (nSPS) is 10.8. The van der Waals surface area contributed by atoms with Gasteiger partial charge in [-0.1, -0.05) is 37.8 Å². The first-order valence-corrected chi connectivity index (χ1v) is 6.57. The first-order valence-electron chi connectivity index (χ1n) is 5.78. The van der Waals surface area contributed by atoms with Gasteiger partial charge in [-0.2, -0.15) is 0 Å². The third-order valence-electron chi connectivity index (χ3n) is 3.27. The van der Waals surface area contributed by atoms with Crippen molar-refractivity contribution < 1.29 is 20.4 Å². The van der Waals surface area contributed by atoms with Crippen LogP contribution in [0.25, 0.3) is 11.1 Å². The Hall–Kier alpha value is -1.56. The highest BCUT2D eigenvalue weighted by Gasteiger charge is 2.24. The number of rotatable bonds is 1. The van der Waals surface area contributed by atoms with Crippen LogP contribution in [-0.4, -0.2) is 59.7 Å². The molecule has 0 aliphatic heterocycles. The molecule has 22 heavy (non-hydrogen) atoms. The molecule has 0 atom stereocenters. The van der Waals surface area contributed by atoms with Crippen LogP contribution in [0.5, 0.6) is 23.0 Å². The van der Waals surface area contributed by atoms with Crippen LogP contribution in [0.1, 0.15) is 0 Å². The van der Waals surface area contributed by atoms with Crippen LogP contribution >= 0.6 is 15.9 Å². The second-order valence-electron chi connectivity index (χ2n) is 4.53. The molecule has 10 heteroatoms. The first kappa shape index (κ1) is 16.8. The second kappa shape index (κ2) is 5.58. The number of hydrogen-bond donors (Lipinski definition) is 4. The number of phenols is 4. The lowest BCUT2D eigenvalue weighted by Gasteiger charge is -2.22. The van der Waals surface area contributed by atoms with Gasteiger partial charge in [-0.05, 0) is 5.46 Å². The number of aromatic hydroxyl groups is 4. The van der Waals surface area contributed by atoms with Gasteiger partial charge < -0.3 is 20.4 Å². The van der Waals surface area contributed by atoms with Gasteiger partial charge in [0.15, 0.2) is 17.2 Å². The molecule has 10 radical (unpaired) electrons. The average molecular weight is 346 g/mol. The van der Waals surface area contributed by atoms with Crippen molar-refractivity contribution in [2.24, 2.45) is 0 Å². The van der Waals surface area contributed by atoms with E-state index in [1.807, 2.05) is 0 Å². The Bertz CT molecular complexity index is 684. The number of phenolic OH excluding ortho intramolecular Hbond substituents is 4. The molecule has 0 spiro atoms. The van der Waals surface area contributed by atoms with Crippen molar-refractivity contribution in [2.75, 3.05) is 0 Å². The van der Waals surface area contributed by atoms with Gasteiger partial charge in [-0.15, -0.1) is 0 Å². The van der Waals surface area contributed by atoms with E-state index in [-0.39, 0.29) is 37.5 Å². The van der Waals surface area contributed by atoms with Crippen LogP contribution < -0.4 is 27.3 Å². The Morgan fingerprint density at radius 3 is 1.50 bits per heavy atom. The van der Waals surface area contributed by atoms with Gasteiger partial charge in [-0.3, -0.25) is 0 Å². The summed E-state index contributed by atoms with van der Waals surface area (Å²) in [6.07, 6.45) is 0. The van der Waals surface area contributed by atoms with E-state index in [9.17, 15) is 20.4 Å². The predicted molar refractivity (Wildman–Crippen MR) is 93.2 cm³/mol. The summed E-state index contributed by atoms with van der Waals surface area (Å²) in [5.41, 5.74) is -1.52. The molecule has 2 aromatic carbocycles. The fourth-order valence-electron chi connectivity index (χ4n) is 2.02. The smallest absolute Gasteiger partial charge is 0.200 e. The van der Waals surface area contributed by atoms with Gasteiger partial charge in [0.25, 0.3) is 0 Å². The fraction of sp³-hybridized carbons (Fsp3) is 0. The molecule has 2 rings (SSSR count). The molecule has 0 aliphatic carbocycles. The monoisotopic (exact) mass is 346 g/mol. The summed E-state index contributed by atoms with van der Waals surface area (Å²) >= 11 is 3.07. The van der Waals surface area contributed by atoms with E-state index in [0.717, 1.165) is 0 Å². The van der Waals surface area contributed by atoms with Gasteiger partial charge in [0.05, 0.1) is 0 Å². The molecule has 4 nitrogen and oxygen atoms in total. The van der Waals surface area contributed by atoms with Crippen LogP contribution in [0.15, 0.2) is 4.47 Å². The second-order valence-corrected chi connectivity index (χ2v) is 5.32. The highest BCUT2D eigenvalue weighted by molar-refractivity contribution is 9.10. The molecule has 0 unspecified atom stereocenters. The van der Waals surface area contributed by atoms with E-state index in [4.69, 9.17) is 39.2 Å². The van der Waals surface area contributed by atoms with Crippen molar-refractivity contribution in [3.63, 3.8) is 0 Å². The molecule has 0 aliphatic rings. The molecule has 98 valence electrons. The van der Waals surface area contributed by atoms with Gasteiger partial charge in [0.1, 0.15) is 45.0 Å². The summed E-state index contributed by atoms with van der Waals surface area (Å²) in [4.78, 5) is 0. The molecule has 0 bridgehead atoms. The Balaban J connectivity index is 3.03. The summed E-state index contributed by atoms with van der Waals surface area (Å²) in [6, 6.07) is 0. The zero-order valence-electron chi connectivity index (χ0n) is 11.1. The lowest BCUT2D eigenvalue weighted by atomic mass is 9.68. The third kappa shape index (κ3) is 2.21. The van der Waals surface area contributed by atoms with Gasteiger partial charge in [-0.25, -0.2) is 0 Å². The van der Waals surface area contributed by atoms with E-state index in [2.05, 4.69) is 15.9 Å². The van der Waals surface area contributed by atoms with Crippen LogP contribution in [-0.2, 0) is 0 Å². The van der Waals surface area contributed by atoms with Crippen molar-refractivity contribution >= 4 is 82.5 Å². The average Bonchev–Trinajstić information content (AvgIpc) is 2.50. The van der Waals surface area contributed by atoms with Crippen molar-refractivity contribution in [1.82, 2.24) is 0 Å². The molecular formula is C12H4B5BrO4. The molecule has 0 aromatic heterocycles. The third-order valence-corrected chi connectivity index (χ3v) is 4.13. The lowest BCUT2D eigenvalue weighted by molar-refractivity contribution is 0.371. The Labute approximate surface area is 141 Å². The van der Waals surface area contributed by atoms with Crippen molar-refractivity contribution in [1.29, 1.82) is 0 Å². The predicted octanol–water partition coefficient (Wildman–Crippen LogP) is -3.09. The summed E-state index contributed by atoms with van der Waals surface area (Å²) in [7, 11) is 28.6. The van der Waals surface area contributed by atoms with Crippen molar-refractivity contribution in [2.45, 2.75) is 0 Å². The lowest BCUT2D eigenvalue weighted by Crippen LogP contribution is -2.37. The minimum absolute atomic E-state index is 0.00441. The summed E-state index contributed by atoms with van der Waals surface area (Å²) in [5.74, 6) is -3.06. The zero-order chi connectivity index (χ0) is 16.9. The SMILES string of the molecule is [B]c1c([B])c(-c2c([B])c([B])c(Br)c([B])c2O)c(O)c(O)c1O. The van der Waals surface area contributed by atoms with E-state index in [1.54, 1.807) is 0 Å². The first-order chi connectivity index (χ1) is 10.1. The summed E-state index contributed by atoms with van der Waals surface area (Å²) in [6.45, 7) is 0. The van der Waals surface area contributed by atoms with Crippen molar-refractivity contribution in [3.05, 3.63) is 4.47 Å². The Morgan fingerprint density at radius 1 is 0.500 bits per heavy atom. The molecule has 0 saturated heterocycles. The maximum atomic E-state index is 10.2. The number of benzene rings is 2. The van der Waals surface area contributed by atoms with Crippen molar-refractivity contribution in [3.8, 4) is 34.1 Å². The van der Waals surface area contributed by atoms with Crippen LogP contribution in [0.4, 0.5) is 0 Å². The molecule has 0 fully saturated rings. The van der Waals surface area contributed by atoms with E-state index >= 15 is 0 Å². The fourth-order valence-corrected chi connectivity index (χ4v) is 2.42. The molecule has 4 N–H and O–H groups in total. The van der Waals surface area contributed by atoms with Crippen LogP contribution in [0.3, 0.4) is 0 Å². The molecular weight excluding hydrogens is 342 g/mol. The zero-order valence-corrected chi connectivity index (χ0v) is 12.6. The van der Waals surface area contributed by atoms with Crippen LogP contribution in [0.2, 0.25) is 0 Å². The maximum absolute atomic E-state index is 10.2. The van der Waals surface area contributed by atoms with E-state index in [0.29, 0.717) is 0 Å².